The van der Waals surface area contributed by atoms with Gasteiger partial charge in [0.2, 0.25) is 17.7 Å². The zero-order valence-electron chi connectivity index (χ0n) is 18.4. The average molecular weight is 438 g/mol. The molecule has 3 amide bonds. The van der Waals surface area contributed by atoms with E-state index in [4.69, 9.17) is 10.5 Å². The Morgan fingerprint density at radius 3 is 2.38 bits per heavy atom. The van der Waals surface area contributed by atoms with Crippen molar-refractivity contribution in [3.05, 3.63) is 71.3 Å². The molecule has 32 heavy (non-hydrogen) atoms. The van der Waals surface area contributed by atoms with E-state index in [1.807, 2.05) is 42.5 Å². The molecule has 4 N–H and O–H groups in total. The number of hydrogen-bond acceptors (Lipinski definition) is 4. The fourth-order valence-electron chi connectivity index (χ4n) is 4.32. The largest absolute Gasteiger partial charge is 0.375 e. The van der Waals surface area contributed by atoms with Crippen LogP contribution in [0, 0.1) is 5.92 Å². The second-order valence-electron chi connectivity index (χ2n) is 8.20. The highest BCUT2D eigenvalue weighted by Gasteiger charge is 2.34. The zero-order valence-corrected chi connectivity index (χ0v) is 18.4. The minimum atomic E-state index is -0.843. The first kappa shape index (κ1) is 23.5. The topological polar surface area (TPSA) is 111 Å². The second-order valence-corrected chi connectivity index (χ2v) is 8.20. The number of amides is 3. The Morgan fingerprint density at radius 2 is 1.72 bits per heavy atom. The van der Waals surface area contributed by atoms with Gasteiger partial charge in [-0.1, -0.05) is 67.4 Å². The summed E-state index contributed by atoms with van der Waals surface area (Å²) in [7, 11) is 1.48. The Bertz CT molecular complexity index is 915. The van der Waals surface area contributed by atoms with Gasteiger partial charge in [0.1, 0.15) is 12.6 Å². The number of carbonyl (C=O) groups excluding carboxylic acids is 3. The molecule has 3 atom stereocenters. The van der Waals surface area contributed by atoms with E-state index in [0.29, 0.717) is 12.1 Å². The standard InChI is InChI=1S/C25H31N3O4/c1-32-16-22(29)27-15-17-11-13-18(14-12-17)20-9-5-6-10-21(20)25(31)28-23(24(26)30)19-7-3-2-4-8-19/h2-4,7-8,11-14,20-21,23H,5-6,9-10,15-16H2,1H3,(H2,26,30)(H,27,29)(H,28,31)/t20?,21?,23-/m0/s1. The number of hydrogen-bond donors (Lipinski definition) is 3. The molecule has 2 aromatic carbocycles. The van der Waals surface area contributed by atoms with Crippen molar-refractivity contribution in [2.45, 2.75) is 44.2 Å². The molecule has 2 aromatic rings. The molecule has 0 bridgehead atoms. The summed E-state index contributed by atoms with van der Waals surface area (Å²) in [4.78, 5) is 36.8. The monoisotopic (exact) mass is 437 g/mol. The first-order valence-corrected chi connectivity index (χ1v) is 11.0. The van der Waals surface area contributed by atoms with Crippen molar-refractivity contribution < 1.29 is 19.1 Å². The number of primary amides is 1. The van der Waals surface area contributed by atoms with Crippen LogP contribution in [0.3, 0.4) is 0 Å². The molecule has 0 heterocycles. The van der Waals surface area contributed by atoms with Crippen molar-refractivity contribution in [2.24, 2.45) is 11.7 Å². The maximum Gasteiger partial charge on any atom is 0.246 e. The van der Waals surface area contributed by atoms with E-state index in [0.717, 1.165) is 36.8 Å². The number of carbonyl (C=O) groups is 3. The Kier molecular flexibility index (Phi) is 8.39. The number of ether oxygens (including phenoxy) is 1. The molecule has 0 spiro atoms. The van der Waals surface area contributed by atoms with Crippen LogP contribution in [-0.4, -0.2) is 31.4 Å². The van der Waals surface area contributed by atoms with Gasteiger partial charge < -0.3 is 21.1 Å². The van der Waals surface area contributed by atoms with Crippen LogP contribution < -0.4 is 16.4 Å². The third-order valence-electron chi connectivity index (χ3n) is 5.98. The van der Waals surface area contributed by atoms with E-state index in [1.165, 1.54) is 7.11 Å². The van der Waals surface area contributed by atoms with Crippen LogP contribution in [0.5, 0.6) is 0 Å². The summed E-state index contributed by atoms with van der Waals surface area (Å²) in [5.74, 6) is -1.02. The van der Waals surface area contributed by atoms with Gasteiger partial charge >= 0.3 is 0 Å². The lowest BCUT2D eigenvalue weighted by Crippen LogP contribution is -2.42. The molecule has 2 unspecified atom stereocenters. The highest BCUT2D eigenvalue weighted by Crippen LogP contribution is 2.38. The van der Waals surface area contributed by atoms with Crippen molar-refractivity contribution in [1.29, 1.82) is 0 Å². The van der Waals surface area contributed by atoms with Gasteiger partial charge in [-0.15, -0.1) is 0 Å². The molecular weight excluding hydrogens is 406 g/mol. The van der Waals surface area contributed by atoms with Crippen molar-refractivity contribution in [1.82, 2.24) is 10.6 Å². The van der Waals surface area contributed by atoms with Crippen molar-refractivity contribution in [3.8, 4) is 0 Å². The Balaban J connectivity index is 1.69. The van der Waals surface area contributed by atoms with E-state index in [9.17, 15) is 14.4 Å². The lowest BCUT2D eigenvalue weighted by atomic mass is 9.74. The normalized spacial score (nSPS) is 19.0. The fourth-order valence-corrected chi connectivity index (χ4v) is 4.32. The van der Waals surface area contributed by atoms with Crippen LogP contribution in [0.4, 0.5) is 0 Å². The predicted molar refractivity (Wildman–Crippen MR) is 121 cm³/mol. The fraction of sp³-hybridized carbons (Fsp3) is 0.400. The highest BCUT2D eigenvalue weighted by molar-refractivity contribution is 5.89. The Labute approximate surface area is 188 Å². The molecule has 1 aliphatic carbocycles. The molecule has 1 aliphatic rings. The van der Waals surface area contributed by atoms with Gasteiger partial charge in [-0.2, -0.15) is 0 Å². The third kappa shape index (κ3) is 6.17. The summed E-state index contributed by atoms with van der Waals surface area (Å²) in [6.45, 7) is 0.459. The number of benzene rings is 2. The number of rotatable bonds is 9. The molecule has 3 rings (SSSR count). The lowest BCUT2D eigenvalue weighted by molar-refractivity contribution is -0.131. The van der Waals surface area contributed by atoms with E-state index in [1.54, 1.807) is 12.1 Å². The van der Waals surface area contributed by atoms with Gasteiger partial charge in [0.15, 0.2) is 0 Å². The van der Waals surface area contributed by atoms with E-state index in [2.05, 4.69) is 10.6 Å². The van der Waals surface area contributed by atoms with Crippen molar-refractivity contribution >= 4 is 17.7 Å². The molecule has 7 nitrogen and oxygen atoms in total. The van der Waals surface area contributed by atoms with Crippen LogP contribution in [0.1, 0.15) is 54.3 Å². The number of nitrogens with one attached hydrogen (secondary N) is 2. The number of nitrogens with two attached hydrogens (primary N) is 1. The second kappa shape index (κ2) is 11.4. The lowest BCUT2D eigenvalue weighted by Gasteiger charge is -2.32. The minimum absolute atomic E-state index is 0.0340. The SMILES string of the molecule is COCC(=O)NCc1ccc(C2CCCCC2C(=O)N[C@H](C(N)=O)c2ccccc2)cc1. The van der Waals surface area contributed by atoms with E-state index in [-0.39, 0.29) is 30.3 Å². The smallest absolute Gasteiger partial charge is 0.246 e. The summed E-state index contributed by atoms with van der Waals surface area (Å²) < 4.78 is 4.82. The van der Waals surface area contributed by atoms with Gasteiger partial charge in [-0.3, -0.25) is 14.4 Å². The van der Waals surface area contributed by atoms with Gasteiger partial charge in [-0.25, -0.2) is 0 Å². The van der Waals surface area contributed by atoms with Gasteiger partial charge in [-0.05, 0) is 35.4 Å². The van der Waals surface area contributed by atoms with Crippen LogP contribution >= 0.6 is 0 Å². The average Bonchev–Trinajstić information content (AvgIpc) is 2.82. The first-order chi connectivity index (χ1) is 15.5. The van der Waals surface area contributed by atoms with Crippen LogP contribution in [0.25, 0.3) is 0 Å². The Hall–Kier alpha value is -3.19. The minimum Gasteiger partial charge on any atom is -0.375 e. The molecule has 1 fully saturated rings. The summed E-state index contributed by atoms with van der Waals surface area (Å²) in [6.07, 6.45) is 3.71. The maximum absolute atomic E-state index is 13.2. The van der Waals surface area contributed by atoms with Crippen LogP contribution in [0.15, 0.2) is 54.6 Å². The summed E-state index contributed by atoms with van der Waals surface area (Å²) in [5.41, 5.74) is 8.34. The summed E-state index contributed by atoms with van der Waals surface area (Å²) >= 11 is 0. The quantitative estimate of drug-likeness (QED) is 0.560. The molecule has 170 valence electrons. The molecule has 0 aromatic heterocycles. The van der Waals surface area contributed by atoms with Crippen molar-refractivity contribution in [3.63, 3.8) is 0 Å². The molecule has 0 saturated heterocycles. The Morgan fingerprint density at radius 1 is 1.03 bits per heavy atom. The van der Waals surface area contributed by atoms with Crippen molar-refractivity contribution in [2.75, 3.05) is 13.7 Å². The molecular formula is C25H31N3O4. The first-order valence-electron chi connectivity index (χ1n) is 11.0. The van der Waals surface area contributed by atoms with E-state index < -0.39 is 11.9 Å². The van der Waals surface area contributed by atoms with Gasteiger partial charge in [0.25, 0.3) is 0 Å². The molecule has 7 heteroatoms. The van der Waals surface area contributed by atoms with E-state index >= 15 is 0 Å². The summed E-state index contributed by atoms with van der Waals surface area (Å²) in [6, 6.07) is 16.2. The summed E-state index contributed by atoms with van der Waals surface area (Å²) in [5, 5.41) is 5.69. The molecule has 0 aliphatic heterocycles. The van der Waals surface area contributed by atoms with Crippen LogP contribution in [0.2, 0.25) is 0 Å². The highest BCUT2D eigenvalue weighted by atomic mass is 16.5. The third-order valence-corrected chi connectivity index (χ3v) is 5.98. The van der Waals surface area contributed by atoms with Gasteiger partial charge in [0.05, 0.1) is 0 Å². The zero-order chi connectivity index (χ0) is 22.9. The maximum atomic E-state index is 13.2. The van der Waals surface area contributed by atoms with Gasteiger partial charge in [0, 0.05) is 19.6 Å². The molecule has 1 saturated carbocycles. The van der Waals surface area contributed by atoms with Crippen LogP contribution in [-0.2, 0) is 25.7 Å². The number of methoxy groups -OCH3 is 1. The molecule has 0 radical (unpaired) electrons. The predicted octanol–water partition coefficient (Wildman–Crippen LogP) is 2.57.